The van der Waals surface area contributed by atoms with Gasteiger partial charge in [0.2, 0.25) is 0 Å². The Morgan fingerprint density at radius 2 is 1.80 bits per heavy atom. The number of hydrogen-bond donors (Lipinski definition) is 1. The van der Waals surface area contributed by atoms with Gasteiger partial charge in [0.05, 0.1) is 44.9 Å². The summed E-state index contributed by atoms with van der Waals surface area (Å²) in [5, 5.41) is 8.71. The van der Waals surface area contributed by atoms with E-state index in [1.807, 2.05) is 24.3 Å². The summed E-state index contributed by atoms with van der Waals surface area (Å²) < 4.78 is 0. The Hall–Kier alpha value is -1.53. The van der Waals surface area contributed by atoms with Crippen molar-refractivity contribution >= 4 is 5.69 Å². The number of piperazine rings is 1. The highest BCUT2D eigenvalue weighted by Crippen LogP contribution is 2.14. The van der Waals surface area contributed by atoms with Gasteiger partial charge >= 0.3 is 0 Å². The first-order valence-corrected chi connectivity index (χ1v) is 5.36. The summed E-state index contributed by atoms with van der Waals surface area (Å²) in [5.41, 5.74) is 1.97. The monoisotopic (exact) mass is 202 g/mol. The molecule has 1 saturated heterocycles. The van der Waals surface area contributed by atoms with Gasteiger partial charge in [0.15, 0.2) is 0 Å². The average molecular weight is 202 g/mol. The maximum atomic E-state index is 8.71. The molecule has 0 aliphatic carbocycles. The van der Waals surface area contributed by atoms with Gasteiger partial charge in [-0.3, -0.25) is 0 Å². The molecule has 0 saturated carbocycles. The number of nitrogens with zero attached hydrogens (tertiary/aromatic N) is 2. The summed E-state index contributed by atoms with van der Waals surface area (Å²) in [6.45, 7) is 4.61. The number of nitrogens with one attached hydrogen (secondary N) is 1. The highest BCUT2D eigenvalue weighted by Gasteiger charge is 2.16. The van der Waals surface area contributed by atoms with Crippen molar-refractivity contribution in [1.82, 2.24) is 0 Å². The molecule has 0 amide bonds. The van der Waals surface area contributed by atoms with Crippen LogP contribution in [0.5, 0.6) is 0 Å². The van der Waals surface area contributed by atoms with E-state index in [0.29, 0.717) is 0 Å². The second-order valence-electron chi connectivity index (χ2n) is 4.10. The van der Waals surface area contributed by atoms with Crippen LogP contribution in [0.2, 0.25) is 0 Å². The van der Waals surface area contributed by atoms with Crippen molar-refractivity contribution in [3.05, 3.63) is 29.8 Å². The fourth-order valence-corrected chi connectivity index (χ4v) is 1.89. The lowest BCUT2D eigenvalue weighted by molar-refractivity contribution is -0.880. The first-order chi connectivity index (χ1) is 7.29. The van der Waals surface area contributed by atoms with Crippen LogP contribution in [0.3, 0.4) is 0 Å². The number of quaternary nitrogens is 1. The second kappa shape index (κ2) is 4.33. The van der Waals surface area contributed by atoms with E-state index in [0.717, 1.165) is 18.7 Å². The zero-order valence-corrected chi connectivity index (χ0v) is 9.03. The topological polar surface area (TPSA) is 31.5 Å². The van der Waals surface area contributed by atoms with Crippen LogP contribution >= 0.6 is 0 Å². The number of nitriles is 1. The van der Waals surface area contributed by atoms with Crippen LogP contribution < -0.4 is 9.80 Å². The van der Waals surface area contributed by atoms with Gasteiger partial charge in [0.25, 0.3) is 0 Å². The van der Waals surface area contributed by atoms with Gasteiger partial charge in [0.1, 0.15) is 0 Å². The van der Waals surface area contributed by atoms with E-state index >= 15 is 0 Å². The minimum absolute atomic E-state index is 0.735. The molecular formula is C12H16N3+. The van der Waals surface area contributed by atoms with Crippen LogP contribution in [0.25, 0.3) is 0 Å². The predicted molar refractivity (Wildman–Crippen MR) is 60.0 cm³/mol. The van der Waals surface area contributed by atoms with Crippen LogP contribution in [0, 0.1) is 11.3 Å². The molecular weight excluding hydrogens is 186 g/mol. The van der Waals surface area contributed by atoms with Crippen molar-refractivity contribution in [3.8, 4) is 6.07 Å². The van der Waals surface area contributed by atoms with Crippen molar-refractivity contribution in [2.24, 2.45) is 0 Å². The molecule has 1 fully saturated rings. The summed E-state index contributed by atoms with van der Waals surface area (Å²) in [6, 6.07) is 10.0. The van der Waals surface area contributed by atoms with Gasteiger partial charge in [-0.1, -0.05) is 0 Å². The van der Waals surface area contributed by atoms with Gasteiger partial charge in [0, 0.05) is 5.69 Å². The summed E-state index contributed by atoms with van der Waals surface area (Å²) in [7, 11) is 2.23. The molecule has 1 heterocycles. The van der Waals surface area contributed by atoms with E-state index in [1.54, 1.807) is 4.90 Å². The van der Waals surface area contributed by atoms with Gasteiger partial charge < -0.3 is 9.80 Å². The maximum absolute atomic E-state index is 8.71. The Morgan fingerprint density at radius 1 is 1.20 bits per heavy atom. The summed E-state index contributed by atoms with van der Waals surface area (Å²) in [6.07, 6.45) is 0. The molecule has 1 aliphatic rings. The van der Waals surface area contributed by atoms with Gasteiger partial charge in [-0.2, -0.15) is 5.26 Å². The molecule has 0 radical (unpaired) electrons. The molecule has 0 atom stereocenters. The third kappa shape index (κ3) is 2.28. The zero-order valence-electron chi connectivity index (χ0n) is 9.03. The lowest BCUT2D eigenvalue weighted by Crippen LogP contribution is -3.12. The lowest BCUT2D eigenvalue weighted by Gasteiger charge is -2.31. The Bertz CT molecular complexity index is 355. The standard InChI is InChI=1S/C12H15N3/c1-14-6-8-15(9-7-14)12-4-2-11(10-13)3-5-12/h2-5H,6-9H2,1H3/p+1. The van der Waals surface area contributed by atoms with E-state index in [1.165, 1.54) is 18.8 Å². The second-order valence-corrected chi connectivity index (χ2v) is 4.10. The molecule has 1 aliphatic heterocycles. The molecule has 1 aromatic carbocycles. The lowest BCUT2D eigenvalue weighted by atomic mass is 10.2. The quantitative estimate of drug-likeness (QED) is 0.689. The third-order valence-corrected chi connectivity index (χ3v) is 2.98. The van der Waals surface area contributed by atoms with E-state index in [9.17, 15) is 0 Å². The molecule has 0 unspecified atom stereocenters. The Kier molecular flexibility index (Phi) is 2.89. The number of rotatable bonds is 1. The molecule has 1 N–H and O–H groups in total. The predicted octanol–water partition coefficient (Wildman–Crippen LogP) is -0.107. The molecule has 78 valence electrons. The number of hydrogen-bond acceptors (Lipinski definition) is 2. The van der Waals surface area contributed by atoms with E-state index < -0.39 is 0 Å². The maximum Gasteiger partial charge on any atom is 0.0991 e. The van der Waals surface area contributed by atoms with Crippen molar-refractivity contribution in [1.29, 1.82) is 5.26 Å². The first kappa shape index (κ1) is 10.0. The minimum Gasteiger partial charge on any atom is -0.360 e. The smallest absolute Gasteiger partial charge is 0.0991 e. The average Bonchev–Trinajstić information content (AvgIpc) is 2.30. The summed E-state index contributed by atoms with van der Waals surface area (Å²) in [5.74, 6) is 0. The van der Waals surface area contributed by atoms with Crippen molar-refractivity contribution in [2.75, 3.05) is 38.1 Å². The Morgan fingerprint density at radius 3 is 2.33 bits per heavy atom. The fourth-order valence-electron chi connectivity index (χ4n) is 1.89. The van der Waals surface area contributed by atoms with Gasteiger partial charge in [-0.05, 0) is 24.3 Å². The van der Waals surface area contributed by atoms with Crippen molar-refractivity contribution in [3.63, 3.8) is 0 Å². The highest BCUT2D eigenvalue weighted by atomic mass is 15.2. The van der Waals surface area contributed by atoms with Crippen LogP contribution in [0.4, 0.5) is 5.69 Å². The van der Waals surface area contributed by atoms with Crippen LogP contribution in [0.15, 0.2) is 24.3 Å². The molecule has 3 nitrogen and oxygen atoms in total. The van der Waals surface area contributed by atoms with E-state index in [2.05, 4.69) is 18.0 Å². The van der Waals surface area contributed by atoms with Crippen LogP contribution in [0.1, 0.15) is 5.56 Å². The van der Waals surface area contributed by atoms with Crippen molar-refractivity contribution < 1.29 is 4.90 Å². The molecule has 15 heavy (non-hydrogen) atoms. The van der Waals surface area contributed by atoms with Gasteiger partial charge in [-0.25, -0.2) is 0 Å². The molecule has 3 heteroatoms. The Balaban J connectivity index is 2.07. The molecule has 1 aromatic rings. The molecule has 0 bridgehead atoms. The first-order valence-electron chi connectivity index (χ1n) is 5.36. The van der Waals surface area contributed by atoms with Crippen LogP contribution in [-0.2, 0) is 0 Å². The minimum atomic E-state index is 0.735. The largest absolute Gasteiger partial charge is 0.360 e. The number of anilines is 1. The SMILES string of the molecule is C[NH+]1CCN(c2ccc(C#N)cc2)CC1. The third-order valence-electron chi connectivity index (χ3n) is 2.98. The fraction of sp³-hybridized carbons (Fsp3) is 0.417. The number of benzene rings is 1. The van der Waals surface area contributed by atoms with Gasteiger partial charge in [-0.15, -0.1) is 0 Å². The van der Waals surface area contributed by atoms with Crippen LogP contribution in [-0.4, -0.2) is 33.2 Å². The summed E-state index contributed by atoms with van der Waals surface area (Å²) >= 11 is 0. The molecule has 2 rings (SSSR count). The van der Waals surface area contributed by atoms with E-state index in [4.69, 9.17) is 5.26 Å². The summed E-state index contributed by atoms with van der Waals surface area (Å²) in [4.78, 5) is 3.98. The number of likely N-dealkylation sites (N-methyl/N-ethyl adjacent to an activating group) is 1. The van der Waals surface area contributed by atoms with E-state index in [-0.39, 0.29) is 0 Å². The molecule has 0 aromatic heterocycles. The molecule has 0 spiro atoms. The normalized spacial score (nSPS) is 17.5. The Labute approximate surface area is 90.5 Å². The van der Waals surface area contributed by atoms with Crippen molar-refractivity contribution in [2.45, 2.75) is 0 Å². The highest BCUT2D eigenvalue weighted by molar-refractivity contribution is 5.49. The zero-order chi connectivity index (χ0) is 10.7.